The zero-order chi connectivity index (χ0) is 12.8. The summed E-state index contributed by atoms with van der Waals surface area (Å²) in [6, 6.07) is 0.479. The molecule has 0 aromatic rings. The molecule has 1 heterocycles. The predicted octanol–water partition coefficient (Wildman–Crippen LogP) is 3.65. The normalized spacial score (nSPS) is 16.9. The van der Waals surface area contributed by atoms with Crippen molar-refractivity contribution in [2.24, 2.45) is 5.73 Å². The summed E-state index contributed by atoms with van der Waals surface area (Å²) in [4.78, 5) is 2.55. The highest BCUT2D eigenvalue weighted by atomic mass is 15.1. The number of hydrogen-bond donors (Lipinski definition) is 1. The van der Waals surface area contributed by atoms with E-state index < -0.39 is 0 Å². The lowest BCUT2D eigenvalue weighted by atomic mass is 10.1. The van der Waals surface area contributed by atoms with E-state index in [1.165, 1.54) is 51.7 Å². The summed E-state index contributed by atoms with van der Waals surface area (Å²) >= 11 is 0. The molecule has 1 fully saturated rings. The van der Waals surface area contributed by atoms with E-state index in [0.717, 1.165) is 0 Å². The average molecular weight is 230 g/mol. The van der Waals surface area contributed by atoms with Gasteiger partial charge in [-0.15, -0.1) is 0 Å². The van der Waals surface area contributed by atoms with E-state index in [1.807, 2.05) is 27.7 Å². The van der Waals surface area contributed by atoms with Gasteiger partial charge < -0.3 is 10.6 Å². The molecule has 0 aliphatic carbocycles. The highest BCUT2D eigenvalue weighted by Gasteiger charge is 2.14. The molecule has 1 saturated heterocycles. The molecule has 2 nitrogen and oxygen atoms in total. The van der Waals surface area contributed by atoms with Crippen molar-refractivity contribution < 1.29 is 0 Å². The molecule has 16 heavy (non-hydrogen) atoms. The predicted molar refractivity (Wildman–Crippen MR) is 75.9 cm³/mol. The lowest BCUT2D eigenvalue weighted by Crippen LogP contribution is -2.39. The van der Waals surface area contributed by atoms with Crippen LogP contribution in [0.1, 0.15) is 66.7 Å². The van der Waals surface area contributed by atoms with Gasteiger partial charge in [0, 0.05) is 6.04 Å². The van der Waals surface area contributed by atoms with E-state index in [1.54, 1.807) is 0 Å². The van der Waals surface area contributed by atoms with Crippen LogP contribution in [0, 0.1) is 0 Å². The summed E-state index contributed by atoms with van der Waals surface area (Å²) in [5.74, 6) is 0. The summed E-state index contributed by atoms with van der Waals surface area (Å²) in [5.41, 5.74) is 5.83. The van der Waals surface area contributed by atoms with Crippen molar-refractivity contribution in [1.82, 2.24) is 4.90 Å². The topological polar surface area (TPSA) is 29.3 Å². The van der Waals surface area contributed by atoms with Crippen molar-refractivity contribution in [3.05, 3.63) is 0 Å². The lowest BCUT2D eigenvalue weighted by Gasteiger charge is -2.29. The number of rotatable bonds is 4. The molecular formula is C14H34N2. The third-order valence-electron chi connectivity index (χ3n) is 2.71. The number of nitrogens with two attached hydrogens (primary N) is 1. The van der Waals surface area contributed by atoms with E-state index in [9.17, 15) is 0 Å². The fraction of sp³-hybridized carbons (Fsp3) is 1.00. The molecule has 2 N–H and O–H groups in total. The first-order valence-electron chi connectivity index (χ1n) is 7.31. The minimum Gasteiger partial charge on any atom is -0.328 e. The molecule has 0 atom stereocenters. The Bertz CT molecular complexity index is 107. The molecule has 1 aliphatic heterocycles. The van der Waals surface area contributed by atoms with Gasteiger partial charge in [0.25, 0.3) is 0 Å². The molecule has 0 amide bonds. The van der Waals surface area contributed by atoms with E-state index >= 15 is 0 Å². The second-order valence-corrected chi connectivity index (χ2v) is 3.89. The maximum absolute atomic E-state index is 5.83. The van der Waals surface area contributed by atoms with Crippen LogP contribution in [0.2, 0.25) is 0 Å². The second kappa shape index (κ2) is 14.9. The molecule has 0 aromatic carbocycles. The smallest absolute Gasteiger partial charge is 0.00631 e. The molecule has 0 radical (unpaired) electrons. The molecule has 0 saturated carbocycles. The molecule has 1 aliphatic rings. The van der Waals surface area contributed by atoms with Gasteiger partial charge in [0.05, 0.1) is 0 Å². The van der Waals surface area contributed by atoms with Gasteiger partial charge in [-0.25, -0.2) is 0 Å². The second-order valence-electron chi connectivity index (χ2n) is 3.89. The standard InChI is InChI=1S/C10H22N2.2C2H6/c1-2-3-4-7-12-8-5-10(11)6-9-12;2*1-2/h10H,2-9,11H2,1H3;2*1-2H3. The quantitative estimate of drug-likeness (QED) is 0.747. The first-order valence-corrected chi connectivity index (χ1v) is 7.31. The number of nitrogens with zero attached hydrogens (tertiary/aromatic N) is 1. The number of piperidine rings is 1. The van der Waals surface area contributed by atoms with Gasteiger partial charge in [0.2, 0.25) is 0 Å². The van der Waals surface area contributed by atoms with Crippen molar-refractivity contribution >= 4 is 0 Å². The average Bonchev–Trinajstić information content (AvgIpc) is 2.37. The fourth-order valence-corrected chi connectivity index (χ4v) is 1.76. The summed E-state index contributed by atoms with van der Waals surface area (Å²) in [6.07, 6.45) is 6.47. The largest absolute Gasteiger partial charge is 0.328 e. The number of unbranched alkanes of at least 4 members (excludes halogenated alkanes) is 2. The van der Waals surface area contributed by atoms with Crippen LogP contribution in [0.25, 0.3) is 0 Å². The number of hydrogen-bond acceptors (Lipinski definition) is 2. The molecule has 0 unspecified atom stereocenters. The van der Waals surface area contributed by atoms with Gasteiger partial charge in [0.15, 0.2) is 0 Å². The van der Waals surface area contributed by atoms with Crippen molar-refractivity contribution in [2.75, 3.05) is 19.6 Å². The highest BCUT2D eigenvalue weighted by molar-refractivity contribution is 4.73. The molecule has 0 aromatic heterocycles. The summed E-state index contributed by atoms with van der Waals surface area (Å²) in [6.45, 7) is 14.0. The fourth-order valence-electron chi connectivity index (χ4n) is 1.76. The Morgan fingerprint density at radius 3 is 1.94 bits per heavy atom. The Labute approximate surface area is 104 Å². The first-order chi connectivity index (χ1) is 7.83. The van der Waals surface area contributed by atoms with Crippen molar-refractivity contribution in [3.63, 3.8) is 0 Å². The van der Waals surface area contributed by atoms with Crippen LogP contribution in [0.3, 0.4) is 0 Å². The Kier molecular flexibility index (Phi) is 17.1. The monoisotopic (exact) mass is 230 g/mol. The zero-order valence-electron chi connectivity index (χ0n) is 12.3. The van der Waals surface area contributed by atoms with Crippen LogP contribution in [-0.2, 0) is 0 Å². The Morgan fingerprint density at radius 2 is 1.50 bits per heavy atom. The third-order valence-corrected chi connectivity index (χ3v) is 2.71. The first kappa shape index (κ1) is 18.3. The Balaban J connectivity index is 0. The SMILES string of the molecule is CC.CC.CCCCCN1CCC(N)CC1. The maximum atomic E-state index is 5.83. The Hall–Kier alpha value is -0.0800. The van der Waals surface area contributed by atoms with Crippen LogP contribution in [-0.4, -0.2) is 30.6 Å². The van der Waals surface area contributed by atoms with Gasteiger partial charge >= 0.3 is 0 Å². The van der Waals surface area contributed by atoms with E-state index in [2.05, 4.69) is 11.8 Å². The van der Waals surface area contributed by atoms with Gasteiger partial charge in [-0.3, -0.25) is 0 Å². The minimum absolute atomic E-state index is 0.479. The summed E-state index contributed by atoms with van der Waals surface area (Å²) in [7, 11) is 0. The van der Waals surface area contributed by atoms with E-state index in [0.29, 0.717) is 6.04 Å². The number of likely N-dealkylation sites (tertiary alicyclic amines) is 1. The highest BCUT2D eigenvalue weighted by Crippen LogP contribution is 2.09. The molecule has 0 bridgehead atoms. The Morgan fingerprint density at radius 1 is 1.00 bits per heavy atom. The summed E-state index contributed by atoms with van der Waals surface area (Å²) in [5, 5.41) is 0. The van der Waals surface area contributed by atoms with Gasteiger partial charge in [-0.2, -0.15) is 0 Å². The lowest BCUT2D eigenvalue weighted by molar-refractivity contribution is 0.209. The summed E-state index contributed by atoms with van der Waals surface area (Å²) < 4.78 is 0. The van der Waals surface area contributed by atoms with Crippen molar-refractivity contribution in [3.8, 4) is 0 Å². The van der Waals surface area contributed by atoms with Gasteiger partial charge in [-0.05, 0) is 38.9 Å². The van der Waals surface area contributed by atoms with Crippen molar-refractivity contribution in [2.45, 2.75) is 72.8 Å². The van der Waals surface area contributed by atoms with E-state index in [-0.39, 0.29) is 0 Å². The molecule has 2 heteroatoms. The van der Waals surface area contributed by atoms with Crippen LogP contribution in [0.5, 0.6) is 0 Å². The van der Waals surface area contributed by atoms with Crippen LogP contribution < -0.4 is 5.73 Å². The van der Waals surface area contributed by atoms with Gasteiger partial charge in [-0.1, -0.05) is 47.5 Å². The molecule has 100 valence electrons. The molecule has 0 spiro atoms. The third kappa shape index (κ3) is 10.4. The van der Waals surface area contributed by atoms with Gasteiger partial charge in [0.1, 0.15) is 0 Å². The minimum atomic E-state index is 0.479. The van der Waals surface area contributed by atoms with Crippen molar-refractivity contribution in [1.29, 1.82) is 0 Å². The van der Waals surface area contributed by atoms with Crippen LogP contribution in [0.15, 0.2) is 0 Å². The maximum Gasteiger partial charge on any atom is 0.00631 e. The van der Waals surface area contributed by atoms with E-state index in [4.69, 9.17) is 5.73 Å². The zero-order valence-corrected chi connectivity index (χ0v) is 12.3. The van der Waals surface area contributed by atoms with Crippen LogP contribution >= 0.6 is 0 Å². The van der Waals surface area contributed by atoms with Crippen LogP contribution in [0.4, 0.5) is 0 Å². The molecule has 1 rings (SSSR count). The molecular weight excluding hydrogens is 196 g/mol.